The van der Waals surface area contributed by atoms with Crippen molar-refractivity contribution in [3.63, 3.8) is 0 Å². The van der Waals surface area contributed by atoms with Crippen LogP contribution in [0.1, 0.15) is 62.3 Å². The fourth-order valence-electron chi connectivity index (χ4n) is 4.20. The van der Waals surface area contributed by atoms with Crippen molar-refractivity contribution in [3.05, 3.63) is 59.2 Å². The van der Waals surface area contributed by atoms with E-state index < -0.39 is 11.9 Å². The van der Waals surface area contributed by atoms with Crippen LogP contribution in [0.4, 0.5) is 5.69 Å². The van der Waals surface area contributed by atoms with E-state index >= 15 is 0 Å². The molecule has 0 fully saturated rings. The van der Waals surface area contributed by atoms with E-state index in [0.717, 1.165) is 60.2 Å². The van der Waals surface area contributed by atoms with Crippen LogP contribution in [0.25, 0.3) is 0 Å². The number of hydrogen-bond acceptors (Lipinski definition) is 6. The molecule has 2 aromatic carbocycles. The summed E-state index contributed by atoms with van der Waals surface area (Å²) in [4.78, 5) is 0. The molecular formula is C30H47IN2O5. The summed E-state index contributed by atoms with van der Waals surface area (Å²) in [5.41, 5.74) is 4.34. The van der Waals surface area contributed by atoms with E-state index in [2.05, 4.69) is 50.7 Å². The Kier molecular flexibility index (Phi) is 14.0. The summed E-state index contributed by atoms with van der Waals surface area (Å²) in [7, 11) is 6.50. The summed E-state index contributed by atoms with van der Waals surface area (Å²) >= 11 is 0. The Morgan fingerprint density at radius 3 is 2.53 bits per heavy atom. The van der Waals surface area contributed by atoms with Crippen LogP contribution in [0.5, 0.6) is 5.75 Å². The van der Waals surface area contributed by atoms with Crippen LogP contribution in [0.15, 0.2) is 42.5 Å². The van der Waals surface area contributed by atoms with Gasteiger partial charge in [0.2, 0.25) is 5.79 Å². The first-order valence-electron chi connectivity index (χ1n) is 13.5. The van der Waals surface area contributed by atoms with Gasteiger partial charge >= 0.3 is 0 Å². The van der Waals surface area contributed by atoms with Crippen LogP contribution in [-0.4, -0.2) is 64.9 Å². The molecule has 0 saturated carbocycles. The Morgan fingerprint density at radius 2 is 1.74 bits per heavy atom. The van der Waals surface area contributed by atoms with E-state index in [1.54, 1.807) is 0 Å². The predicted octanol–water partition coefficient (Wildman–Crippen LogP) is 1.95. The number of nitrogens with zero attached hydrogens (tertiary/aromatic N) is 1. The van der Waals surface area contributed by atoms with Crippen molar-refractivity contribution in [2.45, 2.75) is 64.6 Å². The zero-order chi connectivity index (χ0) is 26.7. The maximum Gasteiger partial charge on any atom is 0.205 e. The monoisotopic (exact) mass is 642 g/mol. The number of unbranched alkanes of at least 4 members (excludes halogenated alkanes) is 3. The molecule has 7 nitrogen and oxygen atoms in total. The van der Waals surface area contributed by atoms with E-state index in [0.29, 0.717) is 33.0 Å². The van der Waals surface area contributed by atoms with Gasteiger partial charge in [0.15, 0.2) is 0 Å². The summed E-state index contributed by atoms with van der Waals surface area (Å²) in [5, 5.41) is 13.9. The largest absolute Gasteiger partial charge is 1.00 e. The lowest BCUT2D eigenvalue weighted by Gasteiger charge is -2.33. The first-order valence-corrected chi connectivity index (χ1v) is 13.5. The van der Waals surface area contributed by atoms with E-state index in [-0.39, 0.29) is 24.0 Å². The van der Waals surface area contributed by atoms with Gasteiger partial charge in [-0.05, 0) is 48.7 Å². The second-order valence-electron chi connectivity index (χ2n) is 11.1. The fraction of sp³-hybridized carbons (Fsp3) is 0.600. The highest BCUT2D eigenvalue weighted by Crippen LogP contribution is 2.32. The highest BCUT2D eigenvalue weighted by molar-refractivity contribution is 5.43. The summed E-state index contributed by atoms with van der Waals surface area (Å²) in [6.45, 7) is 8.37. The average Bonchev–Trinajstić information content (AvgIpc) is 2.85. The minimum atomic E-state index is -0.603. The van der Waals surface area contributed by atoms with E-state index in [4.69, 9.17) is 18.9 Å². The molecule has 8 heteroatoms. The molecule has 2 aromatic rings. The number of fused-ring (bicyclic) bond motifs is 1. The summed E-state index contributed by atoms with van der Waals surface area (Å²) in [5.74, 6) is 0.229. The second kappa shape index (κ2) is 16.1. The number of hydrogen-bond donors (Lipinski definition) is 2. The molecule has 0 bridgehead atoms. The van der Waals surface area contributed by atoms with Crippen LogP contribution in [0.2, 0.25) is 0 Å². The van der Waals surface area contributed by atoms with Gasteiger partial charge in [-0.2, -0.15) is 0 Å². The molecule has 0 spiro atoms. The average molecular weight is 643 g/mol. The smallest absolute Gasteiger partial charge is 0.205 e. The molecule has 1 atom stereocenters. The molecule has 0 radical (unpaired) electrons. The summed E-state index contributed by atoms with van der Waals surface area (Å²) in [6.07, 6.45) is 3.89. The van der Waals surface area contributed by atoms with E-state index in [1.807, 2.05) is 32.0 Å². The molecule has 214 valence electrons. The van der Waals surface area contributed by atoms with Gasteiger partial charge in [0.1, 0.15) is 11.4 Å². The van der Waals surface area contributed by atoms with Crippen LogP contribution >= 0.6 is 0 Å². The number of ether oxygens (including phenoxy) is 4. The molecular weight excluding hydrogens is 595 g/mol. The van der Waals surface area contributed by atoms with Gasteiger partial charge in [0, 0.05) is 38.6 Å². The van der Waals surface area contributed by atoms with Crippen molar-refractivity contribution >= 4 is 5.69 Å². The molecule has 0 aliphatic carbocycles. The first kappa shape index (κ1) is 32.9. The van der Waals surface area contributed by atoms with Gasteiger partial charge in [-0.1, -0.05) is 31.0 Å². The molecule has 1 heterocycles. The van der Waals surface area contributed by atoms with Crippen LogP contribution < -0.4 is 38.5 Å². The van der Waals surface area contributed by atoms with Gasteiger partial charge < -0.3 is 53.3 Å². The van der Waals surface area contributed by atoms with Crippen molar-refractivity contribution in [2.75, 3.05) is 54.1 Å². The fourth-order valence-corrected chi connectivity index (χ4v) is 4.20. The van der Waals surface area contributed by atoms with Gasteiger partial charge in [-0.3, -0.25) is 4.48 Å². The van der Waals surface area contributed by atoms with Crippen molar-refractivity contribution in [1.82, 2.24) is 9.80 Å². The summed E-state index contributed by atoms with van der Waals surface area (Å²) < 4.78 is 23.8. The van der Waals surface area contributed by atoms with E-state index in [9.17, 15) is 5.11 Å². The Hall–Kier alpha value is -1.27. The third-order valence-electron chi connectivity index (χ3n) is 6.46. The number of rotatable bonds is 16. The first-order chi connectivity index (χ1) is 17.6. The standard InChI is InChI=1S/C30H47N2O5.HI/c1-30(2)36-23-26-20-25(13-14-29(26)37-30)28(33)21-31-15-8-6-7-9-16-34-17-18-35-22-24-11-10-12-27(19-24)32(3,4)5;/h10-14,19-20,28,31,33H,6-9,15-18,21-23H2,1-5H3;1H/q+1;/p-1/t28-;/m1./s1. The minimum Gasteiger partial charge on any atom is -1.00 e. The molecule has 1 aliphatic rings. The lowest BCUT2D eigenvalue weighted by atomic mass is 10.0. The molecule has 0 unspecified atom stereocenters. The Bertz CT molecular complexity index is 964. The molecule has 0 saturated heterocycles. The number of quaternary nitrogens is 1. The molecule has 1 aliphatic heterocycles. The van der Waals surface area contributed by atoms with Crippen molar-refractivity contribution in [2.24, 2.45) is 0 Å². The van der Waals surface area contributed by atoms with Gasteiger partial charge in [0.05, 0.1) is 53.7 Å². The zero-order valence-corrected chi connectivity index (χ0v) is 26.0. The molecule has 3 rings (SSSR count). The number of nitrogens with one attached hydrogen (secondary N) is 1. The molecule has 2 N–H and O–H groups in total. The topological polar surface area (TPSA) is 69.2 Å². The Balaban J connectivity index is 0.00000507. The zero-order valence-electron chi connectivity index (χ0n) is 23.8. The van der Waals surface area contributed by atoms with E-state index in [1.165, 1.54) is 11.3 Å². The van der Waals surface area contributed by atoms with Crippen LogP contribution in [0, 0.1) is 0 Å². The number of aliphatic hydroxyl groups excluding tert-OH is 1. The van der Waals surface area contributed by atoms with Crippen molar-refractivity contribution < 1.29 is 48.0 Å². The predicted molar refractivity (Wildman–Crippen MR) is 149 cm³/mol. The van der Waals surface area contributed by atoms with Gasteiger partial charge in [-0.25, -0.2) is 0 Å². The van der Waals surface area contributed by atoms with Crippen LogP contribution in [-0.2, 0) is 27.4 Å². The third-order valence-corrected chi connectivity index (χ3v) is 6.46. The quantitative estimate of drug-likeness (QED) is 0.166. The van der Waals surface area contributed by atoms with Gasteiger partial charge in [-0.15, -0.1) is 0 Å². The summed E-state index contributed by atoms with van der Waals surface area (Å²) in [6, 6.07) is 14.4. The molecule has 0 amide bonds. The van der Waals surface area contributed by atoms with Crippen LogP contribution in [0.3, 0.4) is 0 Å². The molecule has 38 heavy (non-hydrogen) atoms. The number of halogens is 1. The highest BCUT2D eigenvalue weighted by Gasteiger charge is 2.27. The minimum absolute atomic E-state index is 0. The number of aliphatic hydroxyl groups is 1. The Morgan fingerprint density at radius 1 is 0.974 bits per heavy atom. The maximum atomic E-state index is 10.5. The lowest BCUT2D eigenvalue weighted by molar-refractivity contribution is -0.180. The normalized spacial score (nSPS) is 15.3. The SMILES string of the molecule is CC1(C)OCc2cc([C@H](O)CNCCCCCCOCCOCc3cccc([N+](C)(C)C)c3)ccc2O1.[I-]. The van der Waals surface area contributed by atoms with Gasteiger partial charge in [0.25, 0.3) is 0 Å². The lowest BCUT2D eigenvalue weighted by Crippen LogP contribution is -3.00. The Labute approximate surface area is 246 Å². The number of benzene rings is 2. The second-order valence-corrected chi connectivity index (χ2v) is 11.1. The van der Waals surface area contributed by atoms with Crippen molar-refractivity contribution in [3.8, 4) is 5.75 Å². The van der Waals surface area contributed by atoms with Crippen molar-refractivity contribution in [1.29, 1.82) is 0 Å². The maximum absolute atomic E-state index is 10.5. The highest BCUT2D eigenvalue weighted by atomic mass is 127. The third kappa shape index (κ3) is 11.5. The molecule has 0 aromatic heterocycles.